The first-order chi connectivity index (χ1) is 6.00. The van der Waals surface area contributed by atoms with E-state index in [9.17, 15) is 9.59 Å². The van der Waals surface area contributed by atoms with E-state index in [1.807, 2.05) is 0 Å². The van der Waals surface area contributed by atoms with Gasteiger partial charge in [0.05, 0.1) is 12.1 Å². The molecule has 13 heavy (non-hydrogen) atoms. The quantitative estimate of drug-likeness (QED) is 0.560. The zero-order valence-corrected chi connectivity index (χ0v) is 7.91. The number of carbonyl (C=O) groups excluding carboxylic acids is 2. The van der Waals surface area contributed by atoms with Gasteiger partial charge in [-0.05, 0) is 6.92 Å². The monoisotopic (exact) mass is 185 g/mol. The molecule has 1 fully saturated rings. The second kappa shape index (κ2) is 3.74. The van der Waals surface area contributed by atoms with Crippen LogP contribution in [0.3, 0.4) is 0 Å². The lowest BCUT2D eigenvalue weighted by Crippen LogP contribution is -2.63. The molecule has 0 saturated carbocycles. The van der Waals surface area contributed by atoms with E-state index in [0.29, 0.717) is 13.1 Å². The fourth-order valence-corrected chi connectivity index (χ4v) is 1.33. The van der Waals surface area contributed by atoms with E-state index in [-0.39, 0.29) is 17.9 Å². The standard InChI is InChI=1S/C8H15N3O2/c1-5(9)8(13)11-3-7(4-11)10-6(2)12/h5,7H,3-4,9H2,1-2H3,(H,10,12)/t5-/m0/s1. The van der Waals surface area contributed by atoms with Crippen molar-refractivity contribution in [3.63, 3.8) is 0 Å². The summed E-state index contributed by atoms with van der Waals surface area (Å²) in [7, 11) is 0. The number of rotatable bonds is 2. The largest absolute Gasteiger partial charge is 0.350 e. The molecule has 0 aromatic carbocycles. The summed E-state index contributed by atoms with van der Waals surface area (Å²) in [5.74, 6) is -0.112. The lowest BCUT2D eigenvalue weighted by atomic mass is 10.1. The van der Waals surface area contributed by atoms with Crippen molar-refractivity contribution in [2.45, 2.75) is 25.9 Å². The summed E-state index contributed by atoms with van der Waals surface area (Å²) in [6.07, 6.45) is 0. The second-order valence-corrected chi connectivity index (χ2v) is 3.43. The van der Waals surface area contributed by atoms with Crippen molar-refractivity contribution < 1.29 is 9.59 Å². The lowest BCUT2D eigenvalue weighted by molar-refractivity contribution is -0.138. The summed E-state index contributed by atoms with van der Waals surface area (Å²) in [5.41, 5.74) is 5.41. The van der Waals surface area contributed by atoms with Gasteiger partial charge in [0.15, 0.2) is 0 Å². The second-order valence-electron chi connectivity index (χ2n) is 3.43. The van der Waals surface area contributed by atoms with Crippen LogP contribution in [0.4, 0.5) is 0 Å². The number of hydrogen-bond acceptors (Lipinski definition) is 3. The minimum Gasteiger partial charge on any atom is -0.350 e. The van der Waals surface area contributed by atoms with Gasteiger partial charge in [-0.3, -0.25) is 9.59 Å². The van der Waals surface area contributed by atoms with E-state index in [1.54, 1.807) is 11.8 Å². The molecule has 0 bridgehead atoms. The molecule has 0 aromatic heterocycles. The Morgan fingerprint density at radius 1 is 1.54 bits per heavy atom. The Balaban J connectivity index is 2.25. The van der Waals surface area contributed by atoms with Gasteiger partial charge >= 0.3 is 0 Å². The maximum absolute atomic E-state index is 11.2. The van der Waals surface area contributed by atoms with Crippen molar-refractivity contribution in [2.75, 3.05) is 13.1 Å². The van der Waals surface area contributed by atoms with Crippen molar-refractivity contribution >= 4 is 11.8 Å². The van der Waals surface area contributed by atoms with Crippen LogP contribution < -0.4 is 11.1 Å². The Hall–Kier alpha value is -1.10. The number of carbonyl (C=O) groups is 2. The van der Waals surface area contributed by atoms with Crippen molar-refractivity contribution in [3.8, 4) is 0 Å². The third kappa shape index (κ3) is 2.42. The summed E-state index contributed by atoms with van der Waals surface area (Å²) < 4.78 is 0. The molecule has 1 heterocycles. The Bertz CT molecular complexity index is 221. The predicted molar refractivity (Wildman–Crippen MR) is 47.8 cm³/mol. The number of nitrogens with one attached hydrogen (secondary N) is 1. The van der Waals surface area contributed by atoms with E-state index in [2.05, 4.69) is 5.32 Å². The van der Waals surface area contributed by atoms with Gasteiger partial charge < -0.3 is 16.0 Å². The van der Waals surface area contributed by atoms with Gasteiger partial charge in [0.25, 0.3) is 0 Å². The maximum Gasteiger partial charge on any atom is 0.239 e. The highest BCUT2D eigenvalue weighted by molar-refractivity contribution is 5.82. The Morgan fingerprint density at radius 2 is 2.08 bits per heavy atom. The van der Waals surface area contributed by atoms with Crippen LogP contribution in [0.1, 0.15) is 13.8 Å². The SMILES string of the molecule is CC(=O)NC1CN(C(=O)[C@H](C)N)C1. The van der Waals surface area contributed by atoms with Crippen LogP contribution in [0.25, 0.3) is 0 Å². The molecular weight excluding hydrogens is 170 g/mol. The average Bonchev–Trinajstić information content (AvgIpc) is 1.94. The third-order valence-corrected chi connectivity index (χ3v) is 1.99. The smallest absolute Gasteiger partial charge is 0.239 e. The van der Waals surface area contributed by atoms with Crippen molar-refractivity contribution in [3.05, 3.63) is 0 Å². The van der Waals surface area contributed by atoms with Crippen molar-refractivity contribution in [2.24, 2.45) is 5.73 Å². The first-order valence-electron chi connectivity index (χ1n) is 4.32. The molecule has 1 saturated heterocycles. The van der Waals surface area contributed by atoms with Crippen LogP contribution in [-0.2, 0) is 9.59 Å². The topological polar surface area (TPSA) is 75.4 Å². The maximum atomic E-state index is 11.2. The van der Waals surface area contributed by atoms with Gasteiger partial charge in [0.2, 0.25) is 11.8 Å². The Labute approximate surface area is 77.3 Å². The fraction of sp³-hybridized carbons (Fsp3) is 0.750. The molecule has 0 unspecified atom stereocenters. The van der Waals surface area contributed by atoms with Crippen LogP contribution in [0.2, 0.25) is 0 Å². The third-order valence-electron chi connectivity index (χ3n) is 1.99. The highest BCUT2D eigenvalue weighted by Crippen LogP contribution is 2.08. The molecule has 2 amide bonds. The summed E-state index contributed by atoms with van der Waals surface area (Å²) >= 11 is 0. The Kier molecular flexibility index (Phi) is 2.87. The molecule has 0 aliphatic carbocycles. The van der Waals surface area contributed by atoms with Gasteiger partial charge in [-0.15, -0.1) is 0 Å². The van der Waals surface area contributed by atoms with Crippen molar-refractivity contribution in [1.29, 1.82) is 0 Å². The molecule has 0 radical (unpaired) electrons. The molecule has 0 spiro atoms. The summed E-state index contributed by atoms with van der Waals surface area (Å²) in [6.45, 7) is 4.30. The van der Waals surface area contributed by atoms with E-state index in [0.717, 1.165) is 0 Å². The fourth-order valence-electron chi connectivity index (χ4n) is 1.33. The van der Waals surface area contributed by atoms with Crippen LogP contribution in [0.5, 0.6) is 0 Å². The predicted octanol–water partition coefficient (Wildman–Crippen LogP) is -1.32. The minimum atomic E-state index is -0.446. The zero-order chi connectivity index (χ0) is 10.0. The first kappa shape index (κ1) is 9.98. The van der Waals surface area contributed by atoms with Gasteiger partial charge in [-0.1, -0.05) is 0 Å². The average molecular weight is 185 g/mol. The highest BCUT2D eigenvalue weighted by Gasteiger charge is 2.31. The lowest BCUT2D eigenvalue weighted by Gasteiger charge is -2.40. The normalized spacial score (nSPS) is 19.2. The van der Waals surface area contributed by atoms with Gasteiger partial charge in [0, 0.05) is 20.0 Å². The number of likely N-dealkylation sites (tertiary alicyclic amines) is 1. The van der Waals surface area contributed by atoms with Gasteiger partial charge in [-0.2, -0.15) is 0 Å². The van der Waals surface area contributed by atoms with E-state index < -0.39 is 6.04 Å². The van der Waals surface area contributed by atoms with Crippen LogP contribution in [0.15, 0.2) is 0 Å². The summed E-state index contributed by atoms with van der Waals surface area (Å²) in [4.78, 5) is 23.5. The molecule has 1 atom stereocenters. The number of hydrogen-bond donors (Lipinski definition) is 2. The zero-order valence-electron chi connectivity index (χ0n) is 7.91. The summed E-state index contributed by atoms with van der Waals surface area (Å²) in [5, 5.41) is 2.73. The highest BCUT2D eigenvalue weighted by atomic mass is 16.2. The molecule has 3 N–H and O–H groups in total. The van der Waals surface area contributed by atoms with E-state index >= 15 is 0 Å². The van der Waals surface area contributed by atoms with E-state index in [4.69, 9.17) is 5.73 Å². The first-order valence-corrected chi connectivity index (χ1v) is 4.32. The molecule has 1 rings (SSSR count). The molecule has 5 nitrogen and oxygen atoms in total. The number of nitrogens with two attached hydrogens (primary N) is 1. The summed E-state index contributed by atoms with van der Waals surface area (Å²) in [6, 6.07) is -0.335. The molecule has 74 valence electrons. The molecular formula is C8H15N3O2. The number of amides is 2. The Morgan fingerprint density at radius 3 is 2.46 bits per heavy atom. The van der Waals surface area contributed by atoms with Gasteiger partial charge in [0.1, 0.15) is 0 Å². The molecule has 5 heteroatoms. The molecule has 1 aliphatic heterocycles. The van der Waals surface area contributed by atoms with E-state index in [1.165, 1.54) is 6.92 Å². The number of nitrogens with zero attached hydrogens (tertiary/aromatic N) is 1. The molecule has 0 aromatic rings. The van der Waals surface area contributed by atoms with Crippen molar-refractivity contribution in [1.82, 2.24) is 10.2 Å². The van der Waals surface area contributed by atoms with Gasteiger partial charge in [-0.25, -0.2) is 0 Å². The van der Waals surface area contributed by atoms with Crippen LogP contribution >= 0.6 is 0 Å². The molecule has 1 aliphatic rings. The minimum absolute atomic E-state index is 0.0541. The van der Waals surface area contributed by atoms with Crippen LogP contribution in [0, 0.1) is 0 Å². The van der Waals surface area contributed by atoms with Crippen LogP contribution in [-0.4, -0.2) is 41.9 Å².